The number of Topliss-reactive ketones (excluding diaryl/α,β-unsaturated/α-hetero) is 1. The summed E-state index contributed by atoms with van der Waals surface area (Å²) in [4.78, 5) is 37.8. The SMILES string of the molecule is Cc1c(NS(=O)(=O)c2cc(Cl)cc(C(=O)OCC(=O)c3ccc(Cl)cc3Cl)c2)c(=O)n(-c2ccccc2)n1C. The van der Waals surface area contributed by atoms with Gasteiger partial charge < -0.3 is 4.74 Å². The molecule has 1 N–H and O–H groups in total. The lowest BCUT2D eigenvalue weighted by molar-refractivity contribution is 0.0474. The minimum absolute atomic E-state index is 0.0802. The largest absolute Gasteiger partial charge is 0.454 e. The molecule has 13 heteroatoms. The zero-order valence-corrected chi connectivity index (χ0v) is 23.5. The number of esters is 1. The van der Waals surface area contributed by atoms with Crippen molar-refractivity contribution >= 4 is 62.3 Å². The van der Waals surface area contributed by atoms with Crippen LogP contribution >= 0.6 is 34.8 Å². The molecule has 0 aliphatic carbocycles. The molecule has 39 heavy (non-hydrogen) atoms. The van der Waals surface area contributed by atoms with Crippen LogP contribution in [0.1, 0.15) is 26.4 Å². The van der Waals surface area contributed by atoms with Crippen LogP contribution in [0, 0.1) is 6.92 Å². The Morgan fingerprint density at radius 2 is 1.64 bits per heavy atom. The van der Waals surface area contributed by atoms with E-state index in [2.05, 4.69) is 4.72 Å². The van der Waals surface area contributed by atoms with Crippen LogP contribution in [0.4, 0.5) is 5.69 Å². The summed E-state index contributed by atoms with van der Waals surface area (Å²) < 4.78 is 36.7. The summed E-state index contributed by atoms with van der Waals surface area (Å²) >= 11 is 18.0. The molecule has 0 aliphatic heterocycles. The van der Waals surface area contributed by atoms with Crippen LogP contribution < -0.4 is 10.3 Å². The fourth-order valence-corrected chi connectivity index (χ4v) is 5.72. The molecule has 0 atom stereocenters. The van der Waals surface area contributed by atoms with Crippen molar-refractivity contribution in [2.75, 3.05) is 11.3 Å². The Morgan fingerprint density at radius 1 is 0.949 bits per heavy atom. The average Bonchev–Trinajstić information content (AvgIpc) is 3.09. The average molecular weight is 609 g/mol. The van der Waals surface area contributed by atoms with Crippen molar-refractivity contribution in [2.45, 2.75) is 11.8 Å². The molecule has 0 radical (unpaired) electrons. The predicted molar refractivity (Wildman–Crippen MR) is 149 cm³/mol. The van der Waals surface area contributed by atoms with Crippen LogP contribution in [0.2, 0.25) is 15.1 Å². The van der Waals surface area contributed by atoms with Crippen LogP contribution in [0.15, 0.2) is 76.4 Å². The Hall–Kier alpha value is -3.57. The molecule has 0 unspecified atom stereocenters. The van der Waals surface area contributed by atoms with Gasteiger partial charge in [0.1, 0.15) is 5.69 Å². The zero-order valence-electron chi connectivity index (χ0n) is 20.4. The van der Waals surface area contributed by atoms with Gasteiger partial charge in [-0.25, -0.2) is 17.9 Å². The van der Waals surface area contributed by atoms with E-state index in [9.17, 15) is 22.8 Å². The molecular formula is C26H20Cl3N3O6S. The lowest BCUT2D eigenvalue weighted by Crippen LogP contribution is -2.23. The molecule has 4 aromatic rings. The van der Waals surface area contributed by atoms with E-state index in [0.29, 0.717) is 16.4 Å². The summed E-state index contributed by atoms with van der Waals surface area (Å²) in [6, 6.07) is 16.3. The molecule has 9 nitrogen and oxygen atoms in total. The standard InChI is InChI=1S/C26H20Cl3N3O6S/c1-15-24(25(34)32(31(15)2)19-6-4-3-5-7-19)30-39(36,37)20-11-16(10-18(28)12-20)26(35)38-14-23(33)21-9-8-17(27)13-22(21)29/h3-13,30H,14H2,1-2H3. The fourth-order valence-electron chi connectivity index (χ4n) is 3.72. The maximum absolute atomic E-state index is 13.2. The molecular weight excluding hydrogens is 589 g/mol. The Labute approximate surface area is 238 Å². The van der Waals surface area contributed by atoms with E-state index in [4.69, 9.17) is 39.5 Å². The van der Waals surface area contributed by atoms with Crippen LogP contribution in [-0.2, 0) is 21.8 Å². The number of aromatic nitrogens is 2. The first-order chi connectivity index (χ1) is 18.4. The number of ether oxygens (including phenoxy) is 1. The lowest BCUT2D eigenvalue weighted by atomic mass is 10.1. The highest BCUT2D eigenvalue weighted by Gasteiger charge is 2.24. The van der Waals surface area contributed by atoms with Crippen LogP contribution in [0.3, 0.4) is 0 Å². The van der Waals surface area contributed by atoms with Crippen molar-refractivity contribution in [3.05, 3.63) is 109 Å². The number of para-hydroxylation sites is 1. The third-order valence-electron chi connectivity index (χ3n) is 5.77. The third kappa shape index (κ3) is 6.04. The van der Waals surface area contributed by atoms with Crippen LogP contribution in [-0.4, -0.2) is 36.1 Å². The molecule has 0 fully saturated rings. The molecule has 0 saturated heterocycles. The van der Waals surface area contributed by atoms with E-state index in [1.165, 1.54) is 33.6 Å². The third-order valence-corrected chi connectivity index (χ3v) is 7.87. The predicted octanol–water partition coefficient (Wildman–Crippen LogP) is 5.29. The van der Waals surface area contributed by atoms with Gasteiger partial charge in [0.2, 0.25) is 5.78 Å². The summed E-state index contributed by atoms with van der Waals surface area (Å²) in [7, 11) is -2.75. The van der Waals surface area contributed by atoms with Gasteiger partial charge in [0, 0.05) is 22.7 Å². The highest BCUT2D eigenvalue weighted by atomic mass is 35.5. The Balaban J connectivity index is 1.58. The number of hydrogen-bond donors (Lipinski definition) is 1. The second-order valence-corrected chi connectivity index (χ2v) is 11.3. The molecule has 1 heterocycles. The normalized spacial score (nSPS) is 11.3. The molecule has 0 amide bonds. The quantitative estimate of drug-likeness (QED) is 0.215. The number of benzene rings is 3. The Bertz CT molecular complexity index is 1770. The molecule has 3 aromatic carbocycles. The second kappa shape index (κ2) is 11.3. The van der Waals surface area contributed by atoms with Gasteiger partial charge in [-0.3, -0.25) is 19.0 Å². The smallest absolute Gasteiger partial charge is 0.338 e. The second-order valence-electron chi connectivity index (χ2n) is 8.34. The van der Waals surface area contributed by atoms with E-state index in [0.717, 1.165) is 12.1 Å². The lowest BCUT2D eigenvalue weighted by Gasteiger charge is -2.10. The number of sulfonamides is 1. The monoisotopic (exact) mass is 607 g/mol. The van der Waals surface area contributed by atoms with Gasteiger partial charge in [-0.05, 0) is 55.5 Å². The number of rotatable bonds is 8. The molecule has 4 rings (SSSR count). The summed E-state index contributed by atoms with van der Waals surface area (Å²) in [5, 5.41) is 0.344. The van der Waals surface area contributed by atoms with Crippen molar-refractivity contribution in [1.29, 1.82) is 0 Å². The molecule has 1 aromatic heterocycles. The summed E-state index contributed by atoms with van der Waals surface area (Å²) in [6.07, 6.45) is 0. The van der Waals surface area contributed by atoms with E-state index >= 15 is 0 Å². The Kier molecular flexibility index (Phi) is 8.22. The molecule has 0 saturated carbocycles. The Morgan fingerprint density at radius 3 is 2.31 bits per heavy atom. The van der Waals surface area contributed by atoms with Gasteiger partial charge in [-0.1, -0.05) is 53.0 Å². The van der Waals surface area contributed by atoms with Gasteiger partial charge in [0.15, 0.2) is 6.61 Å². The minimum Gasteiger partial charge on any atom is -0.454 e. The van der Waals surface area contributed by atoms with Crippen molar-refractivity contribution in [3.8, 4) is 5.69 Å². The highest BCUT2D eigenvalue weighted by Crippen LogP contribution is 2.24. The van der Waals surface area contributed by atoms with Crippen molar-refractivity contribution < 1.29 is 22.7 Å². The van der Waals surface area contributed by atoms with E-state index in [1.807, 2.05) is 0 Å². The van der Waals surface area contributed by atoms with E-state index < -0.39 is 33.9 Å². The van der Waals surface area contributed by atoms with E-state index in [-0.39, 0.29) is 31.8 Å². The first-order valence-electron chi connectivity index (χ1n) is 11.2. The number of nitrogens with one attached hydrogen (secondary N) is 1. The number of halogens is 3. The van der Waals surface area contributed by atoms with Gasteiger partial charge in [0.25, 0.3) is 15.6 Å². The highest BCUT2D eigenvalue weighted by molar-refractivity contribution is 7.92. The molecule has 0 bridgehead atoms. The van der Waals surface area contributed by atoms with Crippen LogP contribution in [0.5, 0.6) is 0 Å². The first kappa shape index (κ1) is 28.4. The minimum atomic E-state index is -4.37. The van der Waals surface area contributed by atoms with Crippen LogP contribution in [0.25, 0.3) is 5.69 Å². The van der Waals surface area contributed by atoms with Crippen molar-refractivity contribution in [2.24, 2.45) is 7.05 Å². The van der Waals surface area contributed by atoms with E-state index in [1.54, 1.807) is 44.3 Å². The van der Waals surface area contributed by atoms with Crippen molar-refractivity contribution in [1.82, 2.24) is 9.36 Å². The number of carbonyl (C=O) groups excluding carboxylic acids is 2. The number of ketones is 1. The molecule has 202 valence electrons. The summed E-state index contributed by atoms with van der Waals surface area (Å²) in [5.74, 6) is -1.58. The first-order valence-corrected chi connectivity index (χ1v) is 13.8. The van der Waals surface area contributed by atoms with Gasteiger partial charge in [-0.15, -0.1) is 0 Å². The fraction of sp³-hybridized carbons (Fsp3) is 0.115. The summed E-state index contributed by atoms with van der Waals surface area (Å²) in [6.45, 7) is 0.929. The topological polar surface area (TPSA) is 116 Å². The number of hydrogen-bond acceptors (Lipinski definition) is 6. The van der Waals surface area contributed by atoms with Gasteiger partial charge in [0.05, 0.1) is 26.9 Å². The summed E-state index contributed by atoms with van der Waals surface area (Å²) in [5.41, 5.74) is 0.0205. The van der Waals surface area contributed by atoms with Gasteiger partial charge >= 0.3 is 5.97 Å². The maximum Gasteiger partial charge on any atom is 0.338 e. The number of anilines is 1. The molecule has 0 spiro atoms. The van der Waals surface area contributed by atoms with Gasteiger partial charge in [-0.2, -0.15) is 0 Å². The van der Waals surface area contributed by atoms with Crippen molar-refractivity contribution in [3.63, 3.8) is 0 Å². The number of carbonyl (C=O) groups is 2. The molecule has 0 aliphatic rings. The number of nitrogens with zero attached hydrogens (tertiary/aromatic N) is 2. The maximum atomic E-state index is 13.2. The zero-order chi connectivity index (χ0) is 28.5.